The van der Waals surface area contributed by atoms with Crippen LogP contribution in [-0.4, -0.2) is 30.3 Å². The fraction of sp³-hybridized carbons (Fsp3) is 0.263. The van der Waals surface area contributed by atoms with Crippen LogP contribution in [-0.2, 0) is 15.8 Å². The predicted molar refractivity (Wildman–Crippen MR) is 98.0 cm³/mol. The van der Waals surface area contributed by atoms with Gasteiger partial charge in [-0.15, -0.1) is 0 Å². The highest BCUT2D eigenvalue weighted by molar-refractivity contribution is 9.10. The topological polar surface area (TPSA) is 49.4 Å². The van der Waals surface area contributed by atoms with Crippen LogP contribution in [0.25, 0.3) is 0 Å². The Bertz CT molecular complexity index is 915. The van der Waals surface area contributed by atoms with Crippen LogP contribution in [0, 0.1) is 11.7 Å². The smallest absolute Gasteiger partial charge is 0.344 e. The molecule has 2 amide bonds. The molecular formula is C19H15BrF4N2O2. The number of hydrogen-bond acceptors (Lipinski definition) is 2. The Morgan fingerprint density at radius 1 is 1.18 bits per heavy atom. The molecule has 0 radical (unpaired) electrons. The first kappa shape index (κ1) is 20.3. The number of carbonyl (C=O) groups excluding carboxylic acids is 2. The molecular weight excluding hydrogens is 444 g/mol. The lowest BCUT2D eigenvalue weighted by Gasteiger charge is -2.18. The molecule has 9 heteroatoms. The number of alkyl halides is 3. The van der Waals surface area contributed by atoms with E-state index in [1.807, 2.05) is 0 Å². The third kappa shape index (κ3) is 3.89. The van der Waals surface area contributed by atoms with Crippen LogP contribution in [0.3, 0.4) is 0 Å². The summed E-state index contributed by atoms with van der Waals surface area (Å²) < 4.78 is 52.0. The minimum Gasteiger partial charge on any atom is -0.344 e. The van der Waals surface area contributed by atoms with Crippen molar-refractivity contribution in [3.63, 3.8) is 0 Å². The molecule has 0 bridgehead atoms. The third-order valence-electron chi connectivity index (χ3n) is 4.67. The SMILES string of the molecule is CN1C[C@H](c2ccc(C(F)(F)F)cc2)[C@@H](C(=O)Nc2cccc(F)c2Br)C1=O. The minimum absolute atomic E-state index is 0.0493. The van der Waals surface area contributed by atoms with Crippen LogP contribution in [0.15, 0.2) is 46.9 Å². The number of amides is 2. The molecule has 3 rings (SSSR count). The molecule has 0 aromatic heterocycles. The van der Waals surface area contributed by atoms with Crippen molar-refractivity contribution in [2.45, 2.75) is 12.1 Å². The van der Waals surface area contributed by atoms with E-state index in [9.17, 15) is 27.2 Å². The van der Waals surface area contributed by atoms with E-state index in [1.165, 1.54) is 42.3 Å². The second-order valence-electron chi connectivity index (χ2n) is 6.51. The largest absolute Gasteiger partial charge is 0.416 e. The van der Waals surface area contributed by atoms with E-state index in [0.29, 0.717) is 5.56 Å². The molecule has 1 aliphatic rings. The molecule has 2 aromatic rings. The molecule has 0 saturated carbocycles. The van der Waals surface area contributed by atoms with Crippen LogP contribution in [0.5, 0.6) is 0 Å². The van der Waals surface area contributed by atoms with Crippen LogP contribution >= 0.6 is 15.9 Å². The number of nitrogens with one attached hydrogen (secondary N) is 1. The Morgan fingerprint density at radius 3 is 2.43 bits per heavy atom. The average Bonchev–Trinajstić information content (AvgIpc) is 2.93. The first-order chi connectivity index (χ1) is 13.1. The highest BCUT2D eigenvalue weighted by atomic mass is 79.9. The maximum Gasteiger partial charge on any atom is 0.416 e. The minimum atomic E-state index is -4.47. The Morgan fingerprint density at radius 2 is 1.82 bits per heavy atom. The van der Waals surface area contributed by atoms with Gasteiger partial charge in [-0.25, -0.2) is 4.39 Å². The molecule has 0 unspecified atom stereocenters. The fourth-order valence-electron chi connectivity index (χ4n) is 3.22. The summed E-state index contributed by atoms with van der Waals surface area (Å²) in [7, 11) is 1.52. The van der Waals surface area contributed by atoms with Crippen LogP contribution < -0.4 is 5.32 Å². The molecule has 0 aliphatic carbocycles. The fourth-order valence-corrected chi connectivity index (χ4v) is 3.59. The second kappa shape index (κ2) is 7.54. The lowest BCUT2D eigenvalue weighted by atomic mass is 9.87. The number of likely N-dealkylation sites (N-methyl/N-ethyl adjacent to an activating group) is 1. The van der Waals surface area contributed by atoms with Crippen molar-refractivity contribution in [3.05, 3.63) is 63.9 Å². The van der Waals surface area contributed by atoms with Crippen molar-refractivity contribution in [1.82, 2.24) is 4.90 Å². The summed E-state index contributed by atoms with van der Waals surface area (Å²) in [6.07, 6.45) is -4.47. The quantitative estimate of drug-likeness (QED) is 0.546. The maximum absolute atomic E-state index is 13.7. The van der Waals surface area contributed by atoms with E-state index in [2.05, 4.69) is 21.2 Å². The van der Waals surface area contributed by atoms with Crippen molar-refractivity contribution in [3.8, 4) is 0 Å². The van der Waals surface area contributed by atoms with Crippen LogP contribution in [0.1, 0.15) is 17.0 Å². The van der Waals surface area contributed by atoms with Gasteiger partial charge in [0.15, 0.2) is 0 Å². The van der Waals surface area contributed by atoms with Gasteiger partial charge in [0, 0.05) is 19.5 Å². The molecule has 1 heterocycles. The van der Waals surface area contributed by atoms with Crippen LogP contribution in [0.2, 0.25) is 0 Å². The van der Waals surface area contributed by atoms with Gasteiger partial charge < -0.3 is 10.2 Å². The molecule has 2 aromatic carbocycles. The standard InChI is InChI=1S/C19H15BrF4N2O2/c1-26-9-12(10-5-7-11(8-6-10)19(22,23)24)15(18(26)28)17(27)25-14-4-2-3-13(21)16(14)20/h2-8,12,15H,9H2,1H3,(H,25,27)/t12-,15+/m1/s1. The highest BCUT2D eigenvalue weighted by Gasteiger charge is 2.44. The molecule has 4 nitrogen and oxygen atoms in total. The molecule has 0 spiro atoms. The van der Waals surface area contributed by atoms with Gasteiger partial charge in [0.2, 0.25) is 11.8 Å². The van der Waals surface area contributed by atoms with E-state index in [0.717, 1.165) is 12.1 Å². The first-order valence-electron chi connectivity index (χ1n) is 8.26. The average molecular weight is 459 g/mol. The molecule has 1 fully saturated rings. The van der Waals surface area contributed by atoms with Gasteiger partial charge in [-0.3, -0.25) is 9.59 Å². The zero-order valence-corrected chi connectivity index (χ0v) is 16.1. The summed E-state index contributed by atoms with van der Waals surface area (Å²) in [4.78, 5) is 26.6. The number of carbonyl (C=O) groups is 2. The predicted octanol–water partition coefficient (Wildman–Crippen LogP) is 4.42. The van der Waals surface area contributed by atoms with Gasteiger partial charge in [0.25, 0.3) is 0 Å². The summed E-state index contributed by atoms with van der Waals surface area (Å²) in [5.74, 6) is -3.42. The highest BCUT2D eigenvalue weighted by Crippen LogP contribution is 2.36. The van der Waals surface area contributed by atoms with Crippen LogP contribution in [0.4, 0.5) is 23.2 Å². The Kier molecular flexibility index (Phi) is 5.47. The summed E-state index contributed by atoms with van der Waals surface area (Å²) in [6.45, 7) is 0.187. The number of nitrogens with zero attached hydrogens (tertiary/aromatic N) is 1. The Balaban J connectivity index is 1.88. The van der Waals surface area contributed by atoms with E-state index < -0.39 is 41.2 Å². The Labute approximate surface area is 166 Å². The molecule has 148 valence electrons. The van der Waals surface area contributed by atoms with Gasteiger partial charge in [-0.1, -0.05) is 18.2 Å². The van der Waals surface area contributed by atoms with Gasteiger partial charge in [-0.2, -0.15) is 13.2 Å². The van der Waals surface area contributed by atoms with E-state index in [-0.39, 0.29) is 16.7 Å². The lowest BCUT2D eigenvalue weighted by Crippen LogP contribution is -2.32. The molecule has 2 atom stereocenters. The van der Waals surface area contributed by atoms with Crippen molar-refractivity contribution in [2.75, 3.05) is 18.9 Å². The van der Waals surface area contributed by atoms with Gasteiger partial charge in [0.1, 0.15) is 11.7 Å². The van der Waals surface area contributed by atoms with Gasteiger partial charge in [0.05, 0.1) is 15.7 Å². The number of benzene rings is 2. The summed E-state index contributed by atoms with van der Waals surface area (Å²) in [5, 5.41) is 2.53. The number of rotatable bonds is 3. The lowest BCUT2D eigenvalue weighted by molar-refractivity contribution is -0.138. The van der Waals surface area contributed by atoms with Gasteiger partial charge >= 0.3 is 6.18 Å². The number of hydrogen-bond donors (Lipinski definition) is 1. The van der Waals surface area contributed by atoms with Gasteiger partial charge in [-0.05, 0) is 45.8 Å². The third-order valence-corrected chi connectivity index (χ3v) is 5.48. The molecule has 1 N–H and O–H groups in total. The van der Waals surface area contributed by atoms with Crippen molar-refractivity contribution >= 4 is 33.4 Å². The molecule has 28 heavy (non-hydrogen) atoms. The number of halogens is 5. The number of likely N-dealkylation sites (tertiary alicyclic amines) is 1. The monoisotopic (exact) mass is 458 g/mol. The second-order valence-corrected chi connectivity index (χ2v) is 7.31. The maximum atomic E-state index is 13.7. The molecule has 1 saturated heterocycles. The van der Waals surface area contributed by atoms with Crippen molar-refractivity contribution in [2.24, 2.45) is 5.92 Å². The normalized spacial score (nSPS) is 19.8. The van der Waals surface area contributed by atoms with Crippen molar-refractivity contribution < 1.29 is 27.2 Å². The zero-order valence-electron chi connectivity index (χ0n) is 14.6. The van der Waals surface area contributed by atoms with E-state index in [1.54, 1.807) is 0 Å². The van der Waals surface area contributed by atoms with Crippen molar-refractivity contribution in [1.29, 1.82) is 0 Å². The summed E-state index contributed by atoms with van der Waals surface area (Å²) >= 11 is 3.04. The first-order valence-corrected chi connectivity index (χ1v) is 9.06. The Hall–Kier alpha value is -2.42. The summed E-state index contributed by atoms with van der Waals surface area (Å²) in [6, 6.07) is 8.50. The van der Waals surface area contributed by atoms with E-state index >= 15 is 0 Å². The number of anilines is 1. The zero-order chi connectivity index (χ0) is 20.6. The molecule has 1 aliphatic heterocycles. The van der Waals surface area contributed by atoms with E-state index in [4.69, 9.17) is 0 Å². The summed E-state index contributed by atoms with van der Waals surface area (Å²) in [5.41, 5.74) is -0.193.